The molecule has 0 radical (unpaired) electrons. The molecule has 12 heavy (non-hydrogen) atoms. The Hall–Kier alpha value is 0.220. The van der Waals surface area contributed by atoms with Gasteiger partial charge in [0.15, 0.2) is 0 Å². The van der Waals surface area contributed by atoms with E-state index in [0.29, 0.717) is 0 Å². The van der Waals surface area contributed by atoms with E-state index in [1.165, 1.54) is 30.2 Å². The average molecular weight is 227 g/mol. The lowest BCUT2D eigenvalue weighted by atomic mass is 9.67. The first-order chi connectivity index (χ1) is 5.81. The van der Waals surface area contributed by atoms with Crippen molar-refractivity contribution < 1.29 is 0 Å². The van der Waals surface area contributed by atoms with E-state index in [-0.39, 0.29) is 0 Å². The highest BCUT2D eigenvalue weighted by Crippen LogP contribution is 2.51. The van der Waals surface area contributed by atoms with Gasteiger partial charge in [-0.1, -0.05) is 22.0 Å². The molecule has 1 heteroatoms. The maximum absolute atomic E-state index is 3.75. The van der Waals surface area contributed by atoms with E-state index >= 15 is 0 Å². The van der Waals surface area contributed by atoms with Crippen LogP contribution >= 0.6 is 15.9 Å². The van der Waals surface area contributed by atoms with E-state index in [9.17, 15) is 0 Å². The van der Waals surface area contributed by atoms with Crippen LogP contribution in [0.2, 0.25) is 0 Å². The molecule has 2 unspecified atom stereocenters. The first-order valence-electron chi connectivity index (χ1n) is 5.18. The molecule has 0 N–H and O–H groups in total. The predicted molar refractivity (Wildman–Crippen MR) is 54.1 cm³/mol. The third-order valence-corrected chi connectivity index (χ3v) is 4.87. The zero-order valence-electron chi connectivity index (χ0n) is 7.30. The van der Waals surface area contributed by atoms with E-state index in [4.69, 9.17) is 0 Å². The first kappa shape index (κ1) is 7.61. The summed E-state index contributed by atoms with van der Waals surface area (Å²) in [5.74, 6) is 3.97. The van der Waals surface area contributed by atoms with Crippen LogP contribution in [0, 0.1) is 23.7 Å². The first-order valence-corrected chi connectivity index (χ1v) is 5.98. The van der Waals surface area contributed by atoms with Crippen molar-refractivity contribution in [3.8, 4) is 0 Å². The Labute approximate surface area is 82.5 Å². The molecule has 4 aliphatic carbocycles. The molecule has 4 rings (SSSR count). The van der Waals surface area contributed by atoms with Gasteiger partial charge in [0.1, 0.15) is 0 Å². The fourth-order valence-electron chi connectivity index (χ4n) is 3.62. The normalized spacial score (nSPS) is 50.6. The Balaban J connectivity index is 1.98. The molecule has 2 saturated carbocycles. The van der Waals surface area contributed by atoms with Crippen LogP contribution in [0.1, 0.15) is 32.1 Å². The van der Waals surface area contributed by atoms with E-state index in [1.54, 1.807) is 6.42 Å². The lowest BCUT2D eigenvalue weighted by Crippen LogP contribution is -2.27. The molecule has 0 saturated heterocycles. The smallest absolute Gasteiger partial charge is 0.00552 e. The summed E-state index contributed by atoms with van der Waals surface area (Å²) < 4.78 is 1.54. The van der Waals surface area contributed by atoms with Crippen LogP contribution in [-0.2, 0) is 0 Å². The predicted octanol–water partition coefficient (Wildman–Crippen LogP) is 3.72. The lowest BCUT2D eigenvalue weighted by Gasteiger charge is -2.38. The van der Waals surface area contributed by atoms with Crippen molar-refractivity contribution in [3.63, 3.8) is 0 Å². The minimum absolute atomic E-state index is 0.904. The highest BCUT2D eigenvalue weighted by Gasteiger charge is 2.39. The van der Waals surface area contributed by atoms with Crippen LogP contribution in [0.3, 0.4) is 0 Å². The monoisotopic (exact) mass is 226 g/mol. The Morgan fingerprint density at radius 2 is 1.67 bits per heavy atom. The van der Waals surface area contributed by atoms with E-state index in [0.717, 1.165) is 23.7 Å². The molecule has 4 atom stereocenters. The summed E-state index contributed by atoms with van der Waals surface area (Å²) in [6.45, 7) is 0. The van der Waals surface area contributed by atoms with Gasteiger partial charge in [-0.2, -0.15) is 0 Å². The average Bonchev–Trinajstić information content (AvgIpc) is 2.16. The third-order valence-electron chi connectivity index (χ3n) is 3.96. The van der Waals surface area contributed by atoms with Crippen molar-refractivity contribution in [2.24, 2.45) is 23.7 Å². The van der Waals surface area contributed by atoms with Crippen LogP contribution in [0.4, 0.5) is 0 Å². The minimum Gasteiger partial charge on any atom is -0.0709 e. The summed E-state index contributed by atoms with van der Waals surface area (Å²) >= 11 is 3.75. The fraction of sp³-hybridized carbons (Fsp3) is 0.818. The van der Waals surface area contributed by atoms with Crippen molar-refractivity contribution in [1.82, 2.24) is 0 Å². The molecule has 2 fully saturated rings. The Morgan fingerprint density at radius 3 is 2.33 bits per heavy atom. The Morgan fingerprint density at radius 1 is 1.00 bits per heavy atom. The van der Waals surface area contributed by atoms with Crippen molar-refractivity contribution in [2.45, 2.75) is 32.1 Å². The standard InChI is InChI=1S/C11H15Br/c12-11-6-9-2-7-1-8(3-9)5-10(11)4-7/h6-10H,1-5H2/t7-,8+,9?,10?. The summed E-state index contributed by atoms with van der Waals surface area (Å²) in [5.41, 5.74) is 0. The van der Waals surface area contributed by atoms with Gasteiger partial charge in [0.2, 0.25) is 0 Å². The summed E-state index contributed by atoms with van der Waals surface area (Å²) in [5, 5.41) is 0. The Kier molecular flexibility index (Phi) is 1.65. The van der Waals surface area contributed by atoms with Crippen LogP contribution in [-0.4, -0.2) is 0 Å². The van der Waals surface area contributed by atoms with Crippen molar-refractivity contribution in [1.29, 1.82) is 0 Å². The van der Waals surface area contributed by atoms with Gasteiger partial charge in [-0.15, -0.1) is 0 Å². The molecule has 0 nitrogen and oxygen atoms in total. The maximum atomic E-state index is 3.75. The second kappa shape index (κ2) is 2.60. The molecule has 4 bridgehead atoms. The quantitative estimate of drug-likeness (QED) is 0.591. The number of rotatable bonds is 0. The third kappa shape index (κ3) is 1.09. The van der Waals surface area contributed by atoms with Crippen molar-refractivity contribution in [2.75, 3.05) is 0 Å². The number of hydrogen-bond acceptors (Lipinski definition) is 0. The highest BCUT2D eigenvalue weighted by molar-refractivity contribution is 9.11. The summed E-state index contributed by atoms with van der Waals surface area (Å²) in [4.78, 5) is 0. The second-order valence-corrected chi connectivity index (χ2v) is 5.83. The fourth-order valence-corrected chi connectivity index (χ4v) is 4.37. The molecule has 0 spiro atoms. The van der Waals surface area contributed by atoms with Crippen LogP contribution in [0.5, 0.6) is 0 Å². The van der Waals surface area contributed by atoms with E-state index in [2.05, 4.69) is 22.0 Å². The molecule has 66 valence electrons. The molecular weight excluding hydrogens is 212 g/mol. The van der Waals surface area contributed by atoms with Gasteiger partial charge in [0.05, 0.1) is 0 Å². The Bertz CT molecular complexity index is 217. The number of halogens is 1. The topological polar surface area (TPSA) is 0 Å². The van der Waals surface area contributed by atoms with Crippen LogP contribution < -0.4 is 0 Å². The molecule has 0 aromatic carbocycles. The van der Waals surface area contributed by atoms with Gasteiger partial charge in [-0.25, -0.2) is 0 Å². The number of hydrogen-bond donors (Lipinski definition) is 0. The molecule has 0 heterocycles. The van der Waals surface area contributed by atoms with Crippen LogP contribution in [0.25, 0.3) is 0 Å². The van der Waals surface area contributed by atoms with Crippen molar-refractivity contribution in [3.05, 3.63) is 10.6 Å². The zero-order valence-corrected chi connectivity index (χ0v) is 8.89. The highest BCUT2D eigenvalue weighted by atomic mass is 79.9. The molecular formula is C11H15Br. The summed E-state index contributed by atoms with van der Waals surface area (Å²) in [6.07, 6.45) is 9.99. The maximum Gasteiger partial charge on any atom is -0.00552 e. The van der Waals surface area contributed by atoms with E-state index in [1.807, 2.05) is 0 Å². The largest absolute Gasteiger partial charge is 0.0709 e. The molecule has 0 aromatic heterocycles. The SMILES string of the molecule is BrC1=CC2C[C@@H]3CC1C[C@H](C2)C3. The minimum atomic E-state index is 0.904. The van der Waals surface area contributed by atoms with Crippen molar-refractivity contribution >= 4 is 15.9 Å². The second-order valence-electron chi connectivity index (χ2n) is 4.92. The molecule has 0 aliphatic heterocycles. The summed E-state index contributed by atoms with van der Waals surface area (Å²) in [7, 11) is 0. The lowest BCUT2D eigenvalue weighted by molar-refractivity contribution is 0.142. The van der Waals surface area contributed by atoms with Gasteiger partial charge < -0.3 is 0 Å². The summed E-state index contributed by atoms with van der Waals surface area (Å²) in [6, 6.07) is 0. The van der Waals surface area contributed by atoms with Crippen LogP contribution in [0.15, 0.2) is 10.6 Å². The number of allylic oxidation sites excluding steroid dienone is 2. The van der Waals surface area contributed by atoms with Gasteiger partial charge in [0.25, 0.3) is 0 Å². The van der Waals surface area contributed by atoms with Gasteiger partial charge in [-0.3, -0.25) is 0 Å². The van der Waals surface area contributed by atoms with Gasteiger partial charge >= 0.3 is 0 Å². The molecule has 0 amide bonds. The molecule has 4 aliphatic rings. The van der Waals surface area contributed by atoms with Gasteiger partial charge in [-0.05, 0) is 60.3 Å². The zero-order chi connectivity index (χ0) is 8.13. The van der Waals surface area contributed by atoms with Gasteiger partial charge in [0, 0.05) is 0 Å². The van der Waals surface area contributed by atoms with E-state index < -0.39 is 0 Å². The molecule has 0 aromatic rings.